The van der Waals surface area contributed by atoms with Crippen LogP contribution in [0.25, 0.3) is 5.69 Å². The molecule has 1 N–H and O–H groups in total. The van der Waals surface area contributed by atoms with Gasteiger partial charge in [-0.05, 0) is 30.3 Å². The van der Waals surface area contributed by atoms with Crippen LogP contribution in [0.15, 0.2) is 54.9 Å². The van der Waals surface area contributed by atoms with Crippen molar-refractivity contribution < 1.29 is 19.2 Å². The first-order chi connectivity index (χ1) is 14.0. The van der Waals surface area contributed by atoms with Crippen molar-refractivity contribution in [2.45, 2.75) is 6.54 Å². The number of nitrogens with one attached hydrogen (secondary N) is 1. The first kappa shape index (κ1) is 20.2. The standard InChI is InChI=1S/C19H17ClN4O5/c1-28-18-8-16(6-7-17(18)24(26)27)29-12-19(25)21-9-13-10-22-23(11-13)15-4-2-14(20)3-5-15/h2-8,10-11H,9,12H2,1H3,(H,21,25). The summed E-state index contributed by atoms with van der Waals surface area (Å²) in [6.07, 6.45) is 3.45. The van der Waals surface area contributed by atoms with E-state index >= 15 is 0 Å². The van der Waals surface area contributed by atoms with Gasteiger partial charge in [0, 0.05) is 35.5 Å². The number of carbonyl (C=O) groups excluding carboxylic acids is 1. The molecule has 0 unspecified atom stereocenters. The second-order valence-corrected chi connectivity index (χ2v) is 6.36. The lowest BCUT2D eigenvalue weighted by Crippen LogP contribution is -2.28. The van der Waals surface area contributed by atoms with E-state index in [0.717, 1.165) is 11.3 Å². The van der Waals surface area contributed by atoms with E-state index in [-0.39, 0.29) is 36.2 Å². The van der Waals surface area contributed by atoms with E-state index in [0.29, 0.717) is 5.02 Å². The second-order valence-electron chi connectivity index (χ2n) is 5.93. The van der Waals surface area contributed by atoms with Crippen LogP contribution in [0, 0.1) is 10.1 Å². The zero-order valence-electron chi connectivity index (χ0n) is 15.4. The molecule has 0 aliphatic heterocycles. The van der Waals surface area contributed by atoms with Crippen LogP contribution in [-0.2, 0) is 11.3 Å². The summed E-state index contributed by atoms with van der Waals surface area (Å²) in [5.74, 6) is 0.00208. The molecule has 2 aromatic carbocycles. The van der Waals surface area contributed by atoms with Crippen LogP contribution in [0.2, 0.25) is 5.02 Å². The average Bonchev–Trinajstić information content (AvgIpc) is 3.20. The van der Waals surface area contributed by atoms with Crippen LogP contribution in [-0.4, -0.2) is 34.3 Å². The molecule has 0 spiro atoms. The highest BCUT2D eigenvalue weighted by Gasteiger charge is 2.15. The summed E-state index contributed by atoms with van der Waals surface area (Å²) in [5, 5.41) is 18.5. The molecule has 9 nitrogen and oxygen atoms in total. The fourth-order valence-electron chi connectivity index (χ4n) is 2.49. The van der Waals surface area contributed by atoms with E-state index in [2.05, 4.69) is 10.4 Å². The maximum Gasteiger partial charge on any atom is 0.311 e. The summed E-state index contributed by atoms with van der Waals surface area (Å²) < 4.78 is 12.0. The largest absolute Gasteiger partial charge is 0.490 e. The molecule has 10 heteroatoms. The van der Waals surface area contributed by atoms with E-state index < -0.39 is 4.92 Å². The predicted molar refractivity (Wildman–Crippen MR) is 106 cm³/mol. The molecule has 1 aromatic heterocycles. The van der Waals surface area contributed by atoms with Crippen LogP contribution in [0.5, 0.6) is 11.5 Å². The van der Waals surface area contributed by atoms with Crippen molar-refractivity contribution >= 4 is 23.2 Å². The number of aromatic nitrogens is 2. The number of amides is 1. The lowest BCUT2D eigenvalue weighted by molar-refractivity contribution is -0.385. The summed E-state index contributed by atoms with van der Waals surface area (Å²) in [4.78, 5) is 22.4. The van der Waals surface area contributed by atoms with Gasteiger partial charge >= 0.3 is 5.69 Å². The van der Waals surface area contributed by atoms with E-state index in [1.165, 1.54) is 25.3 Å². The Balaban J connectivity index is 1.52. The molecule has 150 valence electrons. The molecule has 0 saturated heterocycles. The van der Waals surface area contributed by atoms with Crippen LogP contribution in [0.3, 0.4) is 0 Å². The number of halogens is 1. The van der Waals surface area contributed by atoms with Gasteiger partial charge in [0.25, 0.3) is 5.91 Å². The Hall–Kier alpha value is -3.59. The third-order valence-corrected chi connectivity index (χ3v) is 4.19. The molecule has 3 rings (SSSR count). The molecule has 0 bridgehead atoms. The van der Waals surface area contributed by atoms with E-state index in [1.807, 2.05) is 12.1 Å². The number of nitro groups is 1. The second kappa shape index (κ2) is 9.07. The topological polar surface area (TPSA) is 109 Å². The zero-order chi connectivity index (χ0) is 20.8. The Labute approximate surface area is 171 Å². The highest BCUT2D eigenvalue weighted by Crippen LogP contribution is 2.30. The third kappa shape index (κ3) is 5.23. The fourth-order valence-corrected chi connectivity index (χ4v) is 2.61. The van der Waals surface area contributed by atoms with Crippen molar-refractivity contribution in [1.82, 2.24) is 15.1 Å². The number of rotatable bonds is 8. The number of nitro benzene ring substituents is 1. The first-order valence-electron chi connectivity index (χ1n) is 8.47. The molecule has 0 aliphatic carbocycles. The van der Waals surface area contributed by atoms with Crippen LogP contribution in [0.4, 0.5) is 5.69 Å². The summed E-state index contributed by atoms with van der Waals surface area (Å²) in [7, 11) is 1.32. The van der Waals surface area contributed by atoms with Gasteiger partial charge in [-0.15, -0.1) is 0 Å². The SMILES string of the molecule is COc1cc(OCC(=O)NCc2cnn(-c3ccc(Cl)cc3)c2)ccc1[N+](=O)[O-]. The van der Waals surface area contributed by atoms with Gasteiger partial charge in [-0.1, -0.05) is 11.6 Å². The smallest absolute Gasteiger partial charge is 0.311 e. The van der Waals surface area contributed by atoms with Gasteiger partial charge in [0.15, 0.2) is 6.61 Å². The lowest BCUT2D eigenvalue weighted by Gasteiger charge is -2.08. The molecule has 1 heterocycles. The summed E-state index contributed by atoms with van der Waals surface area (Å²) in [6, 6.07) is 11.2. The first-order valence-corrected chi connectivity index (χ1v) is 8.85. The van der Waals surface area contributed by atoms with Gasteiger partial charge in [0.05, 0.1) is 23.9 Å². The van der Waals surface area contributed by atoms with Gasteiger partial charge in [-0.3, -0.25) is 14.9 Å². The van der Waals surface area contributed by atoms with Crippen molar-refractivity contribution in [2.75, 3.05) is 13.7 Å². The van der Waals surface area contributed by atoms with Crippen LogP contribution >= 0.6 is 11.6 Å². The van der Waals surface area contributed by atoms with Gasteiger partial charge in [0.1, 0.15) is 5.75 Å². The lowest BCUT2D eigenvalue weighted by atomic mass is 10.3. The molecule has 0 radical (unpaired) electrons. The van der Waals surface area contributed by atoms with E-state index in [9.17, 15) is 14.9 Å². The fraction of sp³-hybridized carbons (Fsp3) is 0.158. The number of methoxy groups -OCH3 is 1. The molecular formula is C19H17ClN4O5. The summed E-state index contributed by atoms with van der Waals surface area (Å²) in [6.45, 7) is 0.0334. The number of carbonyl (C=O) groups is 1. The molecule has 1 amide bonds. The minimum atomic E-state index is -0.556. The number of nitrogens with zero attached hydrogens (tertiary/aromatic N) is 3. The summed E-state index contributed by atoms with van der Waals surface area (Å²) in [5.41, 5.74) is 1.48. The van der Waals surface area contributed by atoms with Crippen molar-refractivity contribution in [2.24, 2.45) is 0 Å². The Morgan fingerprint density at radius 1 is 1.28 bits per heavy atom. The molecule has 0 aliphatic rings. The van der Waals surface area contributed by atoms with Gasteiger partial charge in [-0.25, -0.2) is 4.68 Å². The van der Waals surface area contributed by atoms with Crippen molar-refractivity contribution in [1.29, 1.82) is 0 Å². The van der Waals surface area contributed by atoms with Crippen LogP contribution < -0.4 is 14.8 Å². The number of ether oxygens (including phenoxy) is 2. The van der Waals surface area contributed by atoms with Crippen molar-refractivity contribution in [3.63, 3.8) is 0 Å². The zero-order valence-corrected chi connectivity index (χ0v) is 16.1. The highest BCUT2D eigenvalue weighted by atomic mass is 35.5. The molecular weight excluding hydrogens is 400 g/mol. The molecule has 0 saturated carbocycles. The van der Waals surface area contributed by atoms with E-state index in [4.69, 9.17) is 21.1 Å². The minimum absolute atomic E-state index is 0.0579. The Morgan fingerprint density at radius 2 is 2.03 bits per heavy atom. The monoisotopic (exact) mass is 416 g/mol. The minimum Gasteiger partial charge on any atom is -0.490 e. The predicted octanol–water partition coefficient (Wildman–Crippen LogP) is 3.14. The normalized spacial score (nSPS) is 10.4. The highest BCUT2D eigenvalue weighted by molar-refractivity contribution is 6.30. The van der Waals surface area contributed by atoms with Crippen molar-refractivity contribution in [3.05, 3.63) is 75.6 Å². The molecule has 0 atom stereocenters. The number of hydrogen-bond acceptors (Lipinski definition) is 6. The molecule has 3 aromatic rings. The van der Waals surface area contributed by atoms with Crippen LogP contribution in [0.1, 0.15) is 5.56 Å². The average molecular weight is 417 g/mol. The number of hydrogen-bond donors (Lipinski definition) is 1. The molecule has 29 heavy (non-hydrogen) atoms. The summed E-state index contributed by atoms with van der Waals surface area (Å²) >= 11 is 5.88. The van der Waals surface area contributed by atoms with Gasteiger partial charge in [0.2, 0.25) is 5.75 Å². The Kier molecular flexibility index (Phi) is 6.30. The van der Waals surface area contributed by atoms with Gasteiger partial charge < -0.3 is 14.8 Å². The van der Waals surface area contributed by atoms with E-state index in [1.54, 1.807) is 29.2 Å². The maximum atomic E-state index is 12.0. The van der Waals surface area contributed by atoms with Crippen molar-refractivity contribution in [3.8, 4) is 17.2 Å². The maximum absolute atomic E-state index is 12.0. The number of benzene rings is 2. The quantitative estimate of drug-likeness (QED) is 0.446. The Morgan fingerprint density at radius 3 is 2.72 bits per heavy atom. The van der Waals surface area contributed by atoms with Gasteiger partial charge in [-0.2, -0.15) is 5.10 Å². The third-order valence-electron chi connectivity index (χ3n) is 3.93. The Bertz CT molecular complexity index is 1020. The molecule has 0 fully saturated rings.